The molecule has 0 aliphatic carbocycles. The number of hydrogen-bond acceptors (Lipinski definition) is 2. The first kappa shape index (κ1) is 8.34. The number of hydrogen-bond donors (Lipinski definition) is 1. The molecule has 0 amide bonds. The fourth-order valence-corrected chi connectivity index (χ4v) is 1.16. The zero-order valence-electron chi connectivity index (χ0n) is 5.65. The predicted molar refractivity (Wildman–Crippen MR) is 31.5 cm³/mol. The Labute approximate surface area is 62.0 Å². The Hall–Kier alpha value is -0.760. The van der Waals surface area contributed by atoms with Crippen molar-refractivity contribution < 1.29 is 13.2 Å². The summed E-state index contributed by atoms with van der Waals surface area (Å²) in [6, 6.07) is 1.64. The molecule has 0 saturated carbocycles. The van der Waals surface area contributed by atoms with E-state index in [1.807, 2.05) is 0 Å². The zero-order valence-corrected chi connectivity index (χ0v) is 5.65. The minimum absolute atomic E-state index is 0.123. The summed E-state index contributed by atoms with van der Waals surface area (Å²) in [4.78, 5) is 0. The van der Waals surface area contributed by atoms with Gasteiger partial charge >= 0.3 is 6.18 Å². The standard InChI is InChI=1S/C6H7F3N2/c7-6(8,9)5-3-11-2-4(5)1-10/h4-5,11H,2-3H2/t4-,5-/m1/s1. The third kappa shape index (κ3) is 1.63. The Balaban J connectivity index is 2.66. The molecule has 1 N–H and O–H groups in total. The maximum atomic E-state index is 12.0. The van der Waals surface area contributed by atoms with Crippen molar-refractivity contribution in [3.8, 4) is 6.07 Å². The van der Waals surface area contributed by atoms with E-state index in [1.54, 1.807) is 6.07 Å². The van der Waals surface area contributed by atoms with Gasteiger partial charge in [-0.15, -0.1) is 0 Å². The van der Waals surface area contributed by atoms with Gasteiger partial charge in [-0.1, -0.05) is 0 Å². The Morgan fingerprint density at radius 1 is 1.36 bits per heavy atom. The van der Waals surface area contributed by atoms with Crippen LogP contribution in [-0.2, 0) is 0 Å². The topological polar surface area (TPSA) is 35.8 Å². The Bertz CT molecular complexity index is 181. The molecular weight excluding hydrogens is 157 g/mol. The molecule has 1 aliphatic rings. The molecule has 1 fully saturated rings. The van der Waals surface area contributed by atoms with E-state index in [9.17, 15) is 13.2 Å². The van der Waals surface area contributed by atoms with Gasteiger partial charge in [-0.25, -0.2) is 0 Å². The van der Waals surface area contributed by atoms with Gasteiger partial charge in [0.2, 0.25) is 0 Å². The first-order chi connectivity index (χ1) is 5.05. The van der Waals surface area contributed by atoms with Gasteiger partial charge in [0.05, 0.1) is 17.9 Å². The smallest absolute Gasteiger partial charge is 0.315 e. The highest BCUT2D eigenvalue weighted by molar-refractivity contribution is 4.97. The normalized spacial score (nSPS) is 31.8. The third-order valence-electron chi connectivity index (χ3n) is 1.80. The van der Waals surface area contributed by atoms with Crippen LogP contribution in [0, 0.1) is 23.2 Å². The van der Waals surface area contributed by atoms with Crippen molar-refractivity contribution in [1.82, 2.24) is 5.32 Å². The van der Waals surface area contributed by atoms with Gasteiger partial charge in [0.25, 0.3) is 0 Å². The number of nitrogens with one attached hydrogen (secondary N) is 1. The molecule has 2 nitrogen and oxygen atoms in total. The fourth-order valence-electron chi connectivity index (χ4n) is 1.16. The zero-order chi connectivity index (χ0) is 8.48. The van der Waals surface area contributed by atoms with Gasteiger partial charge in [0.15, 0.2) is 0 Å². The number of rotatable bonds is 0. The van der Waals surface area contributed by atoms with Crippen LogP contribution in [0.3, 0.4) is 0 Å². The summed E-state index contributed by atoms with van der Waals surface area (Å²) < 4.78 is 36.0. The molecule has 0 spiro atoms. The molecule has 0 aromatic carbocycles. The summed E-state index contributed by atoms with van der Waals surface area (Å²) in [6.45, 7) is 0.0302. The van der Waals surface area contributed by atoms with E-state index in [2.05, 4.69) is 5.32 Å². The second kappa shape index (κ2) is 2.70. The maximum Gasteiger partial charge on any atom is 0.394 e. The van der Waals surface area contributed by atoms with Crippen LogP contribution in [-0.4, -0.2) is 19.3 Å². The van der Waals surface area contributed by atoms with Crippen molar-refractivity contribution in [3.63, 3.8) is 0 Å². The molecule has 5 heteroatoms. The Morgan fingerprint density at radius 3 is 2.36 bits per heavy atom. The second-order valence-corrected chi connectivity index (χ2v) is 2.54. The van der Waals surface area contributed by atoms with Crippen LogP contribution in [0.5, 0.6) is 0 Å². The minimum Gasteiger partial charge on any atom is -0.315 e. The molecule has 0 radical (unpaired) electrons. The summed E-state index contributed by atoms with van der Waals surface area (Å²) in [6.07, 6.45) is -4.23. The summed E-state index contributed by atoms with van der Waals surface area (Å²) in [5.41, 5.74) is 0. The molecule has 2 atom stereocenters. The molecule has 1 aliphatic heterocycles. The molecule has 0 unspecified atom stereocenters. The Kier molecular flexibility index (Phi) is 2.05. The first-order valence-electron chi connectivity index (χ1n) is 3.22. The van der Waals surface area contributed by atoms with Gasteiger partial charge in [-0.3, -0.25) is 0 Å². The van der Waals surface area contributed by atoms with Crippen LogP contribution in [0.25, 0.3) is 0 Å². The van der Waals surface area contributed by atoms with E-state index in [0.29, 0.717) is 0 Å². The van der Waals surface area contributed by atoms with E-state index in [0.717, 1.165) is 0 Å². The number of nitriles is 1. The van der Waals surface area contributed by atoms with Crippen molar-refractivity contribution in [2.45, 2.75) is 6.18 Å². The maximum absolute atomic E-state index is 12.0. The van der Waals surface area contributed by atoms with E-state index in [1.165, 1.54) is 0 Å². The monoisotopic (exact) mass is 164 g/mol. The highest BCUT2D eigenvalue weighted by Crippen LogP contribution is 2.33. The molecule has 62 valence electrons. The minimum atomic E-state index is -4.23. The predicted octanol–water partition coefficient (Wildman–Crippen LogP) is 0.908. The lowest BCUT2D eigenvalue weighted by molar-refractivity contribution is -0.174. The molecule has 1 saturated heterocycles. The molecule has 0 aromatic heterocycles. The van der Waals surface area contributed by atoms with Crippen LogP contribution < -0.4 is 5.32 Å². The van der Waals surface area contributed by atoms with Crippen molar-refractivity contribution in [3.05, 3.63) is 0 Å². The lowest BCUT2D eigenvalue weighted by atomic mass is 9.97. The van der Waals surface area contributed by atoms with Crippen molar-refractivity contribution in [2.75, 3.05) is 13.1 Å². The van der Waals surface area contributed by atoms with E-state index < -0.39 is 18.0 Å². The van der Waals surface area contributed by atoms with Crippen LogP contribution in [0.4, 0.5) is 13.2 Å². The van der Waals surface area contributed by atoms with Gasteiger partial charge < -0.3 is 5.32 Å². The van der Waals surface area contributed by atoms with Crippen molar-refractivity contribution in [1.29, 1.82) is 5.26 Å². The molecule has 0 bridgehead atoms. The van der Waals surface area contributed by atoms with Gasteiger partial charge in [0.1, 0.15) is 0 Å². The highest BCUT2D eigenvalue weighted by atomic mass is 19.4. The number of nitrogens with zero attached hydrogens (tertiary/aromatic N) is 1. The molecule has 1 rings (SSSR count). The summed E-state index contributed by atoms with van der Waals surface area (Å²) in [7, 11) is 0. The van der Waals surface area contributed by atoms with Crippen LogP contribution in [0.1, 0.15) is 0 Å². The number of alkyl halides is 3. The lowest BCUT2D eigenvalue weighted by Crippen LogP contribution is -2.29. The average molecular weight is 164 g/mol. The van der Waals surface area contributed by atoms with E-state index in [4.69, 9.17) is 5.26 Å². The molecule has 1 heterocycles. The van der Waals surface area contributed by atoms with Gasteiger partial charge in [-0.05, 0) is 0 Å². The molecule has 11 heavy (non-hydrogen) atoms. The van der Waals surface area contributed by atoms with E-state index >= 15 is 0 Å². The molecule has 0 aromatic rings. The SMILES string of the molecule is N#C[C@@H]1CNC[C@H]1C(F)(F)F. The molecular formula is C6H7F3N2. The van der Waals surface area contributed by atoms with E-state index in [-0.39, 0.29) is 13.1 Å². The summed E-state index contributed by atoms with van der Waals surface area (Å²) >= 11 is 0. The fraction of sp³-hybridized carbons (Fsp3) is 0.833. The van der Waals surface area contributed by atoms with Crippen LogP contribution in [0.2, 0.25) is 0 Å². The summed E-state index contributed by atoms with van der Waals surface area (Å²) in [5, 5.41) is 10.8. The first-order valence-corrected chi connectivity index (χ1v) is 3.22. The second-order valence-electron chi connectivity index (χ2n) is 2.54. The van der Waals surface area contributed by atoms with Crippen molar-refractivity contribution in [2.24, 2.45) is 11.8 Å². The van der Waals surface area contributed by atoms with Gasteiger partial charge in [0, 0.05) is 13.1 Å². The van der Waals surface area contributed by atoms with Gasteiger partial charge in [-0.2, -0.15) is 18.4 Å². The Morgan fingerprint density at radius 2 is 2.00 bits per heavy atom. The third-order valence-corrected chi connectivity index (χ3v) is 1.80. The average Bonchev–Trinajstić information content (AvgIpc) is 2.31. The lowest BCUT2D eigenvalue weighted by Gasteiger charge is -2.15. The van der Waals surface area contributed by atoms with Crippen LogP contribution >= 0.6 is 0 Å². The van der Waals surface area contributed by atoms with Crippen LogP contribution in [0.15, 0.2) is 0 Å². The largest absolute Gasteiger partial charge is 0.394 e. The highest BCUT2D eigenvalue weighted by Gasteiger charge is 2.47. The van der Waals surface area contributed by atoms with Crippen molar-refractivity contribution >= 4 is 0 Å². The quantitative estimate of drug-likeness (QED) is 0.577. The summed E-state index contributed by atoms with van der Waals surface area (Å²) in [5.74, 6) is -2.39. The number of halogens is 3.